The predicted octanol–water partition coefficient (Wildman–Crippen LogP) is 1.25. The fourth-order valence-electron chi connectivity index (χ4n) is 2.74. The van der Waals surface area contributed by atoms with E-state index in [1.807, 2.05) is 0 Å². The number of nitrogens with zero attached hydrogens (tertiary/aromatic N) is 1. The van der Waals surface area contributed by atoms with Crippen molar-refractivity contribution in [3.63, 3.8) is 0 Å². The minimum atomic E-state index is -2.97. The number of hydrogen-bond donors (Lipinski definition) is 3. The summed E-state index contributed by atoms with van der Waals surface area (Å²) in [6, 6.07) is 6.26. The quantitative estimate of drug-likeness (QED) is 0.346. The lowest BCUT2D eigenvalue weighted by molar-refractivity contribution is 0.154. The molecule has 0 saturated heterocycles. The molecule has 0 bridgehead atoms. The van der Waals surface area contributed by atoms with Crippen LogP contribution in [-0.2, 0) is 21.0 Å². The summed E-state index contributed by atoms with van der Waals surface area (Å²) in [5.74, 6) is 0.748. The minimum Gasteiger partial charge on any atom is -0.379 e. The van der Waals surface area contributed by atoms with Crippen molar-refractivity contribution in [2.75, 3.05) is 45.4 Å². The van der Waals surface area contributed by atoms with E-state index in [0.717, 1.165) is 18.5 Å². The Morgan fingerprint density at radius 2 is 2.00 bits per heavy atom. The molecule has 1 heterocycles. The first-order valence-electron chi connectivity index (χ1n) is 8.66. The van der Waals surface area contributed by atoms with Crippen LogP contribution in [0.3, 0.4) is 0 Å². The molecule has 0 unspecified atom stereocenters. The molecular weight excluding hydrogens is 352 g/mol. The molecule has 3 N–H and O–H groups in total. The zero-order valence-electron chi connectivity index (χ0n) is 15.6. The monoisotopic (exact) mass is 380 g/mol. The maximum absolute atomic E-state index is 11.0. The van der Waals surface area contributed by atoms with Crippen LogP contribution in [0, 0.1) is 6.92 Å². The number of fused-ring (bicyclic) bond motifs is 1. The molecule has 0 aliphatic carbocycles. The molecule has 0 aliphatic rings. The largest absolute Gasteiger partial charge is 0.379 e. The Bertz CT molecular complexity index is 843. The van der Waals surface area contributed by atoms with Crippen molar-refractivity contribution in [2.24, 2.45) is 4.99 Å². The molecule has 0 radical (unpaired) electrons. The third kappa shape index (κ3) is 6.34. The van der Waals surface area contributed by atoms with Crippen LogP contribution in [-0.4, -0.2) is 64.7 Å². The lowest BCUT2D eigenvalue weighted by Gasteiger charge is -2.12. The second-order valence-electron chi connectivity index (χ2n) is 6.23. The topological polar surface area (TPSA) is 95.6 Å². The van der Waals surface area contributed by atoms with Crippen molar-refractivity contribution in [1.29, 1.82) is 0 Å². The second-order valence-corrected chi connectivity index (χ2v) is 8.49. The number of rotatable bonds is 9. The minimum absolute atomic E-state index is 0.0456. The summed E-state index contributed by atoms with van der Waals surface area (Å²) >= 11 is 0. The van der Waals surface area contributed by atoms with Crippen LogP contribution in [0.4, 0.5) is 0 Å². The standard InChI is InChI=1S/C18H28N4O3S/c1-14-5-4-6-16-17(14)15(13-22-16)7-8-20-18(19-2)21-9-10-25-11-12-26(3,23)24/h4-6,13,22H,7-12H2,1-3H3,(H2,19,20,21). The van der Waals surface area contributed by atoms with Crippen LogP contribution in [0.2, 0.25) is 0 Å². The average Bonchev–Trinajstić information content (AvgIpc) is 3.00. The van der Waals surface area contributed by atoms with Gasteiger partial charge in [-0.2, -0.15) is 0 Å². The molecule has 1 aromatic carbocycles. The first kappa shape index (κ1) is 20.3. The van der Waals surface area contributed by atoms with Gasteiger partial charge in [-0.25, -0.2) is 8.42 Å². The van der Waals surface area contributed by atoms with Crippen LogP contribution >= 0.6 is 0 Å². The van der Waals surface area contributed by atoms with Gasteiger partial charge in [0.05, 0.1) is 19.0 Å². The van der Waals surface area contributed by atoms with Crippen LogP contribution in [0.1, 0.15) is 11.1 Å². The highest BCUT2D eigenvalue weighted by atomic mass is 32.2. The van der Waals surface area contributed by atoms with E-state index in [1.54, 1.807) is 7.05 Å². The Hall–Kier alpha value is -2.06. The molecule has 0 spiro atoms. The Morgan fingerprint density at radius 3 is 2.73 bits per heavy atom. The molecule has 0 aliphatic heterocycles. The van der Waals surface area contributed by atoms with Gasteiger partial charge in [0.1, 0.15) is 9.84 Å². The van der Waals surface area contributed by atoms with Gasteiger partial charge in [-0.15, -0.1) is 0 Å². The molecule has 0 saturated carbocycles. The summed E-state index contributed by atoms with van der Waals surface area (Å²) in [5.41, 5.74) is 3.71. The number of aromatic amines is 1. The van der Waals surface area contributed by atoms with Crippen LogP contribution < -0.4 is 10.6 Å². The lowest BCUT2D eigenvalue weighted by Crippen LogP contribution is -2.39. The third-order valence-electron chi connectivity index (χ3n) is 4.04. The van der Waals surface area contributed by atoms with E-state index in [9.17, 15) is 8.42 Å². The number of ether oxygens (including phenoxy) is 1. The molecule has 0 fully saturated rings. The summed E-state index contributed by atoms with van der Waals surface area (Å²) in [7, 11) is -1.25. The first-order valence-corrected chi connectivity index (χ1v) is 10.7. The van der Waals surface area contributed by atoms with Crippen molar-refractivity contribution in [3.8, 4) is 0 Å². The Kier molecular flexibility index (Phi) is 7.47. The Balaban J connectivity index is 1.70. The van der Waals surface area contributed by atoms with Gasteiger partial charge in [0.15, 0.2) is 5.96 Å². The number of nitrogens with one attached hydrogen (secondary N) is 3. The SMILES string of the molecule is CN=C(NCCOCCS(C)(=O)=O)NCCc1c[nH]c2cccc(C)c12. The number of H-pyrrole nitrogens is 1. The Labute approximate surface area is 155 Å². The summed E-state index contributed by atoms with van der Waals surface area (Å²) in [4.78, 5) is 7.49. The highest BCUT2D eigenvalue weighted by Crippen LogP contribution is 2.22. The summed E-state index contributed by atoms with van der Waals surface area (Å²) in [6.07, 6.45) is 4.15. The molecule has 7 nitrogen and oxygen atoms in total. The van der Waals surface area contributed by atoms with Gasteiger partial charge in [0.2, 0.25) is 0 Å². The van der Waals surface area contributed by atoms with Gasteiger partial charge in [-0.05, 0) is 30.5 Å². The number of aliphatic imine (C=N–C) groups is 1. The smallest absolute Gasteiger partial charge is 0.191 e. The summed E-state index contributed by atoms with van der Waals surface area (Å²) in [5, 5.41) is 7.72. The van der Waals surface area contributed by atoms with Gasteiger partial charge >= 0.3 is 0 Å². The van der Waals surface area contributed by atoms with Crippen LogP contribution in [0.25, 0.3) is 10.9 Å². The van der Waals surface area contributed by atoms with E-state index in [1.165, 1.54) is 22.8 Å². The molecule has 1 aromatic heterocycles. The third-order valence-corrected chi connectivity index (χ3v) is 4.95. The van der Waals surface area contributed by atoms with E-state index in [-0.39, 0.29) is 12.4 Å². The molecule has 0 atom stereocenters. The summed E-state index contributed by atoms with van der Waals surface area (Å²) < 4.78 is 27.3. The first-order chi connectivity index (χ1) is 12.4. The fraction of sp³-hybridized carbons (Fsp3) is 0.500. The molecule has 8 heteroatoms. The van der Waals surface area contributed by atoms with Crippen LogP contribution in [0.15, 0.2) is 29.4 Å². The van der Waals surface area contributed by atoms with Gasteiger partial charge in [0, 0.05) is 43.5 Å². The molecule has 26 heavy (non-hydrogen) atoms. The zero-order valence-corrected chi connectivity index (χ0v) is 16.4. The van der Waals surface area contributed by atoms with E-state index in [2.05, 4.69) is 51.9 Å². The normalized spacial score (nSPS) is 12.5. The summed E-state index contributed by atoms with van der Waals surface area (Å²) in [6.45, 7) is 4.09. The number of benzene rings is 1. The van der Waals surface area contributed by atoms with E-state index in [0.29, 0.717) is 19.1 Å². The average molecular weight is 381 g/mol. The van der Waals surface area contributed by atoms with Gasteiger partial charge < -0.3 is 20.4 Å². The highest BCUT2D eigenvalue weighted by molar-refractivity contribution is 7.90. The molecule has 2 rings (SSSR count). The van der Waals surface area contributed by atoms with E-state index in [4.69, 9.17) is 4.74 Å². The fourth-order valence-corrected chi connectivity index (χ4v) is 3.16. The predicted molar refractivity (Wildman–Crippen MR) is 107 cm³/mol. The number of aromatic nitrogens is 1. The maximum Gasteiger partial charge on any atom is 0.191 e. The molecule has 2 aromatic rings. The number of guanidine groups is 1. The van der Waals surface area contributed by atoms with Crippen LogP contribution in [0.5, 0.6) is 0 Å². The van der Waals surface area contributed by atoms with Crippen molar-refractivity contribution in [2.45, 2.75) is 13.3 Å². The maximum atomic E-state index is 11.0. The lowest BCUT2D eigenvalue weighted by atomic mass is 10.1. The second kappa shape index (κ2) is 9.59. The molecular formula is C18H28N4O3S. The van der Waals surface area contributed by atoms with Crippen molar-refractivity contribution >= 4 is 26.7 Å². The number of hydrogen-bond acceptors (Lipinski definition) is 4. The molecule has 0 amide bonds. The zero-order chi connectivity index (χ0) is 19.0. The van der Waals surface area contributed by atoms with Gasteiger partial charge in [0.25, 0.3) is 0 Å². The number of aryl methyl sites for hydroxylation is 1. The van der Waals surface area contributed by atoms with E-state index >= 15 is 0 Å². The number of sulfone groups is 1. The Morgan fingerprint density at radius 1 is 1.23 bits per heavy atom. The van der Waals surface area contributed by atoms with Crippen molar-refractivity contribution < 1.29 is 13.2 Å². The van der Waals surface area contributed by atoms with E-state index < -0.39 is 9.84 Å². The van der Waals surface area contributed by atoms with Crippen molar-refractivity contribution in [3.05, 3.63) is 35.5 Å². The highest BCUT2D eigenvalue weighted by Gasteiger charge is 2.06. The van der Waals surface area contributed by atoms with Crippen molar-refractivity contribution in [1.82, 2.24) is 15.6 Å². The van der Waals surface area contributed by atoms with Gasteiger partial charge in [-0.1, -0.05) is 12.1 Å². The van der Waals surface area contributed by atoms with Gasteiger partial charge in [-0.3, -0.25) is 4.99 Å². The molecule has 144 valence electrons.